The van der Waals surface area contributed by atoms with Crippen molar-refractivity contribution in [2.24, 2.45) is 5.73 Å². The Kier molecular flexibility index (Phi) is 6.05. The van der Waals surface area contributed by atoms with Crippen molar-refractivity contribution in [1.82, 2.24) is 5.32 Å². The van der Waals surface area contributed by atoms with E-state index in [1.165, 1.54) is 11.8 Å². The molecule has 1 aromatic rings. The lowest BCUT2D eigenvalue weighted by atomic mass is 10.1. The fourth-order valence-electron chi connectivity index (χ4n) is 1.42. The highest BCUT2D eigenvalue weighted by Gasteiger charge is 2.13. The molecule has 19 heavy (non-hydrogen) atoms. The molecule has 0 fully saturated rings. The minimum atomic E-state index is -0.307. The molecule has 3 N–H and O–H groups in total. The lowest BCUT2D eigenvalue weighted by molar-refractivity contribution is -0.128. The molecule has 0 atom stereocenters. The molecule has 0 bridgehead atoms. The molecule has 0 saturated carbocycles. The van der Waals surface area contributed by atoms with Gasteiger partial charge in [-0.1, -0.05) is 30.3 Å². The highest BCUT2D eigenvalue weighted by Crippen LogP contribution is 2.09. The minimum absolute atomic E-state index is 0.222. The van der Waals surface area contributed by atoms with Crippen LogP contribution in [0.1, 0.15) is 19.4 Å². The third-order valence-corrected chi connectivity index (χ3v) is 3.61. The fraction of sp³-hybridized carbons (Fsp3) is 0.429. The van der Waals surface area contributed by atoms with Gasteiger partial charge < -0.3 is 5.73 Å². The number of imide groups is 1. The summed E-state index contributed by atoms with van der Waals surface area (Å²) in [7, 11) is 0. The first-order chi connectivity index (χ1) is 8.87. The first-order valence-corrected chi connectivity index (χ1v) is 7.25. The zero-order valence-electron chi connectivity index (χ0n) is 11.3. The van der Waals surface area contributed by atoms with Gasteiger partial charge in [0.05, 0.1) is 12.2 Å². The summed E-state index contributed by atoms with van der Waals surface area (Å²) < 4.78 is 0. The molecule has 0 heterocycles. The summed E-state index contributed by atoms with van der Waals surface area (Å²) in [6.07, 6.45) is 0.222. The third-order valence-electron chi connectivity index (χ3n) is 2.19. The van der Waals surface area contributed by atoms with E-state index < -0.39 is 0 Å². The topological polar surface area (TPSA) is 72.2 Å². The Morgan fingerprint density at radius 3 is 2.42 bits per heavy atom. The number of hydrogen-bond acceptors (Lipinski definition) is 4. The van der Waals surface area contributed by atoms with E-state index in [1.807, 2.05) is 44.2 Å². The Hall–Kier alpha value is -1.33. The normalized spacial score (nSPS) is 11.1. The predicted molar refractivity (Wildman–Crippen MR) is 78.9 cm³/mol. The Morgan fingerprint density at radius 1 is 1.21 bits per heavy atom. The van der Waals surface area contributed by atoms with Gasteiger partial charge in [-0.2, -0.15) is 11.8 Å². The zero-order chi connectivity index (χ0) is 14.3. The van der Waals surface area contributed by atoms with Crippen molar-refractivity contribution in [3.05, 3.63) is 35.9 Å². The van der Waals surface area contributed by atoms with Crippen LogP contribution in [0.25, 0.3) is 0 Å². The van der Waals surface area contributed by atoms with Crippen LogP contribution >= 0.6 is 11.8 Å². The van der Waals surface area contributed by atoms with Gasteiger partial charge in [0.2, 0.25) is 11.8 Å². The summed E-state index contributed by atoms with van der Waals surface area (Å²) in [5.74, 6) is 0.382. The van der Waals surface area contributed by atoms with Gasteiger partial charge >= 0.3 is 0 Å². The van der Waals surface area contributed by atoms with Crippen LogP contribution < -0.4 is 11.1 Å². The summed E-state index contributed by atoms with van der Waals surface area (Å²) in [5.41, 5.74) is 6.39. The van der Waals surface area contributed by atoms with Crippen molar-refractivity contribution in [1.29, 1.82) is 0 Å². The Bertz CT molecular complexity index is 427. The molecule has 1 rings (SSSR count). The van der Waals surface area contributed by atoms with Crippen molar-refractivity contribution < 1.29 is 9.59 Å². The van der Waals surface area contributed by atoms with E-state index in [4.69, 9.17) is 5.73 Å². The molecule has 0 unspecified atom stereocenters. The maximum Gasteiger partial charge on any atom is 0.236 e. The summed E-state index contributed by atoms with van der Waals surface area (Å²) in [6.45, 7) is 3.80. The van der Waals surface area contributed by atoms with Gasteiger partial charge in [0.25, 0.3) is 0 Å². The molecule has 0 aliphatic heterocycles. The van der Waals surface area contributed by atoms with Gasteiger partial charge in [0.1, 0.15) is 0 Å². The van der Waals surface area contributed by atoms with Crippen molar-refractivity contribution in [3.8, 4) is 0 Å². The fourth-order valence-corrected chi connectivity index (χ4v) is 2.31. The van der Waals surface area contributed by atoms with Crippen LogP contribution in [0, 0.1) is 0 Å². The lowest BCUT2D eigenvalue weighted by Crippen LogP contribution is -2.37. The maximum absolute atomic E-state index is 11.6. The summed E-state index contributed by atoms with van der Waals surface area (Å²) >= 11 is 1.43. The van der Waals surface area contributed by atoms with E-state index >= 15 is 0 Å². The summed E-state index contributed by atoms with van der Waals surface area (Å²) in [6, 6.07) is 9.33. The SMILES string of the molecule is CC(C)(N)CSCC(=O)NC(=O)Cc1ccccc1. The van der Waals surface area contributed by atoms with Crippen LogP contribution in [0.5, 0.6) is 0 Å². The molecule has 5 heteroatoms. The number of nitrogens with one attached hydrogen (secondary N) is 1. The zero-order valence-corrected chi connectivity index (χ0v) is 12.1. The van der Waals surface area contributed by atoms with Crippen LogP contribution in [-0.4, -0.2) is 28.9 Å². The Balaban J connectivity index is 2.27. The van der Waals surface area contributed by atoms with Crippen LogP contribution in [0.15, 0.2) is 30.3 Å². The van der Waals surface area contributed by atoms with Gasteiger partial charge in [-0.05, 0) is 19.4 Å². The third kappa shape index (κ3) is 7.64. The molecular formula is C14H20N2O2S. The van der Waals surface area contributed by atoms with Crippen LogP contribution in [0.3, 0.4) is 0 Å². The van der Waals surface area contributed by atoms with Gasteiger partial charge in [-0.25, -0.2) is 0 Å². The average molecular weight is 280 g/mol. The number of carbonyl (C=O) groups excluding carboxylic acids is 2. The van der Waals surface area contributed by atoms with E-state index in [1.54, 1.807) is 0 Å². The molecule has 4 nitrogen and oxygen atoms in total. The number of amides is 2. The average Bonchev–Trinajstić information content (AvgIpc) is 2.28. The highest BCUT2D eigenvalue weighted by atomic mass is 32.2. The maximum atomic E-state index is 11.6. The van der Waals surface area contributed by atoms with Crippen molar-refractivity contribution in [3.63, 3.8) is 0 Å². The molecule has 104 valence electrons. The molecular weight excluding hydrogens is 260 g/mol. The summed E-state index contributed by atoms with van der Waals surface area (Å²) in [5, 5.41) is 2.38. The molecule has 0 saturated heterocycles. The monoisotopic (exact) mass is 280 g/mol. The van der Waals surface area contributed by atoms with Crippen molar-refractivity contribution in [2.45, 2.75) is 25.8 Å². The second kappa shape index (κ2) is 7.31. The largest absolute Gasteiger partial charge is 0.325 e. The summed E-state index contributed by atoms with van der Waals surface area (Å²) in [4.78, 5) is 23.2. The van der Waals surface area contributed by atoms with E-state index in [2.05, 4.69) is 5.32 Å². The van der Waals surface area contributed by atoms with Crippen molar-refractivity contribution in [2.75, 3.05) is 11.5 Å². The number of rotatable bonds is 6. The quantitative estimate of drug-likeness (QED) is 0.825. The molecule has 1 aromatic carbocycles. The smallest absolute Gasteiger partial charge is 0.236 e. The number of nitrogens with two attached hydrogens (primary N) is 1. The second-order valence-electron chi connectivity index (χ2n) is 5.12. The molecule has 0 spiro atoms. The Labute approximate surface area is 118 Å². The van der Waals surface area contributed by atoms with Crippen LogP contribution in [0.4, 0.5) is 0 Å². The Morgan fingerprint density at radius 2 is 1.84 bits per heavy atom. The molecule has 0 radical (unpaired) electrons. The first-order valence-electron chi connectivity index (χ1n) is 6.10. The van der Waals surface area contributed by atoms with Gasteiger partial charge in [0, 0.05) is 11.3 Å². The molecule has 2 amide bonds. The lowest BCUT2D eigenvalue weighted by Gasteiger charge is -2.17. The first kappa shape index (κ1) is 15.7. The van der Waals surface area contributed by atoms with Gasteiger partial charge in [-0.3, -0.25) is 14.9 Å². The van der Waals surface area contributed by atoms with E-state index in [0.29, 0.717) is 5.75 Å². The number of benzene rings is 1. The van der Waals surface area contributed by atoms with Gasteiger partial charge in [-0.15, -0.1) is 0 Å². The molecule has 0 aliphatic rings. The highest BCUT2D eigenvalue weighted by molar-refractivity contribution is 8.00. The van der Waals surface area contributed by atoms with Gasteiger partial charge in [0.15, 0.2) is 0 Å². The van der Waals surface area contributed by atoms with E-state index in [9.17, 15) is 9.59 Å². The predicted octanol–water partition coefficient (Wildman–Crippen LogP) is 1.34. The molecule has 0 aromatic heterocycles. The number of carbonyl (C=O) groups is 2. The second-order valence-corrected chi connectivity index (χ2v) is 6.10. The van der Waals surface area contributed by atoms with E-state index in [0.717, 1.165) is 5.56 Å². The van der Waals surface area contributed by atoms with Crippen LogP contribution in [0.2, 0.25) is 0 Å². The molecule has 0 aliphatic carbocycles. The number of thioether (sulfide) groups is 1. The minimum Gasteiger partial charge on any atom is -0.325 e. The standard InChI is InChI=1S/C14H20N2O2S/c1-14(2,15)10-19-9-13(18)16-12(17)8-11-6-4-3-5-7-11/h3-7H,8-10,15H2,1-2H3,(H,16,17,18). The van der Waals surface area contributed by atoms with Crippen LogP contribution in [-0.2, 0) is 16.0 Å². The van der Waals surface area contributed by atoms with Crippen molar-refractivity contribution >= 4 is 23.6 Å². The van der Waals surface area contributed by atoms with E-state index in [-0.39, 0.29) is 29.5 Å². The number of hydrogen-bond donors (Lipinski definition) is 2.